The summed E-state index contributed by atoms with van der Waals surface area (Å²) in [7, 11) is 1.83. The standard InChI is InChI=1S/C14H19BrN2O/c1-17(9-11-4-2-3-5-12(11)15)14(18)8-13(16)10-6-7-10/h2-5,10,13H,6-9,16H2,1H3. The quantitative estimate of drug-likeness (QED) is 0.908. The van der Waals surface area contributed by atoms with E-state index in [1.807, 2.05) is 31.3 Å². The first kappa shape index (κ1) is 13.6. The number of carbonyl (C=O) groups is 1. The number of nitrogens with zero attached hydrogens (tertiary/aromatic N) is 1. The number of carbonyl (C=O) groups excluding carboxylic acids is 1. The van der Waals surface area contributed by atoms with Crippen LogP contribution < -0.4 is 5.73 Å². The van der Waals surface area contributed by atoms with Gasteiger partial charge in [0.2, 0.25) is 5.91 Å². The van der Waals surface area contributed by atoms with E-state index >= 15 is 0 Å². The maximum absolute atomic E-state index is 12.0. The third-order valence-electron chi connectivity index (χ3n) is 3.43. The van der Waals surface area contributed by atoms with Gasteiger partial charge < -0.3 is 10.6 Å². The SMILES string of the molecule is CN(Cc1ccccc1Br)C(=O)CC(N)C1CC1. The average Bonchev–Trinajstić information content (AvgIpc) is 3.15. The number of hydrogen-bond donors (Lipinski definition) is 1. The Hall–Kier alpha value is -0.870. The lowest BCUT2D eigenvalue weighted by Crippen LogP contribution is -2.34. The molecule has 1 aliphatic carbocycles. The molecule has 2 N–H and O–H groups in total. The Bertz CT molecular complexity index is 432. The predicted octanol–water partition coefficient (Wildman–Crippen LogP) is 2.53. The monoisotopic (exact) mass is 310 g/mol. The van der Waals surface area contributed by atoms with E-state index < -0.39 is 0 Å². The smallest absolute Gasteiger partial charge is 0.224 e. The third kappa shape index (κ3) is 3.56. The van der Waals surface area contributed by atoms with Crippen LogP contribution in [0.1, 0.15) is 24.8 Å². The van der Waals surface area contributed by atoms with E-state index in [4.69, 9.17) is 5.73 Å². The minimum atomic E-state index is 0.0409. The summed E-state index contributed by atoms with van der Waals surface area (Å²) in [6.45, 7) is 0.623. The lowest BCUT2D eigenvalue weighted by molar-refractivity contribution is -0.130. The molecule has 0 heterocycles. The lowest BCUT2D eigenvalue weighted by Gasteiger charge is -2.20. The van der Waals surface area contributed by atoms with Crippen LogP contribution in [0, 0.1) is 5.92 Å². The highest BCUT2D eigenvalue weighted by atomic mass is 79.9. The van der Waals surface area contributed by atoms with Gasteiger partial charge in [0.1, 0.15) is 0 Å². The van der Waals surface area contributed by atoms with Gasteiger partial charge in [-0.1, -0.05) is 34.1 Å². The second-order valence-electron chi connectivity index (χ2n) is 5.05. The van der Waals surface area contributed by atoms with Crippen molar-refractivity contribution in [1.29, 1.82) is 0 Å². The van der Waals surface area contributed by atoms with Gasteiger partial charge in [-0.25, -0.2) is 0 Å². The van der Waals surface area contributed by atoms with Crippen LogP contribution in [0.3, 0.4) is 0 Å². The fourth-order valence-electron chi connectivity index (χ4n) is 2.02. The Balaban J connectivity index is 1.88. The predicted molar refractivity (Wildman–Crippen MR) is 75.9 cm³/mol. The summed E-state index contributed by atoms with van der Waals surface area (Å²) in [4.78, 5) is 13.8. The van der Waals surface area contributed by atoms with Crippen molar-refractivity contribution in [3.05, 3.63) is 34.3 Å². The van der Waals surface area contributed by atoms with Gasteiger partial charge in [-0.2, -0.15) is 0 Å². The maximum atomic E-state index is 12.0. The van der Waals surface area contributed by atoms with Crippen molar-refractivity contribution in [2.45, 2.75) is 31.8 Å². The van der Waals surface area contributed by atoms with E-state index in [1.54, 1.807) is 4.90 Å². The van der Waals surface area contributed by atoms with Gasteiger partial charge >= 0.3 is 0 Å². The topological polar surface area (TPSA) is 46.3 Å². The average molecular weight is 311 g/mol. The molecule has 1 amide bonds. The van der Waals surface area contributed by atoms with Crippen LogP contribution >= 0.6 is 15.9 Å². The van der Waals surface area contributed by atoms with E-state index in [-0.39, 0.29) is 11.9 Å². The molecule has 0 aliphatic heterocycles. The van der Waals surface area contributed by atoms with E-state index in [2.05, 4.69) is 15.9 Å². The van der Waals surface area contributed by atoms with Crippen molar-refractivity contribution >= 4 is 21.8 Å². The van der Waals surface area contributed by atoms with Crippen LogP contribution in [0.4, 0.5) is 0 Å². The number of amides is 1. The van der Waals surface area contributed by atoms with Crippen molar-refractivity contribution in [2.24, 2.45) is 11.7 Å². The molecule has 3 nitrogen and oxygen atoms in total. The normalized spacial score (nSPS) is 16.4. The maximum Gasteiger partial charge on any atom is 0.224 e. The van der Waals surface area contributed by atoms with Gasteiger partial charge in [-0.15, -0.1) is 0 Å². The fourth-order valence-corrected chi connectivity index (χ4v) is 2.43. The van der Waals surface area contributed by atoms with Gasteiger partial charge in [0.25, 0.3) is 0 Å². The van der Waals surface area contributed by atoms with E-state index in [1.165, 1.54) is 12.8 Å². The van der Waals surface area contributed by atoms with Gasteiger partial charge in [-0.3, -0.25) is 4.79 Å². The Morgan fingerprint density at radius 3 is 2.78 bits per heavy atom. The van der Waals surface area contributed by atoms with Crippen LogP contribution in [0.5, 0.6) is 0 Å². The molecule has 1 unspecified atom stereocenters. The molecule has 2 rings (SSSR count). The van der Waals surface area contributed by atoms with Crippen LogP contribution in [0.2, 0.25) is 0 Å². The minimum absolute atomic E-state index is 0.0409. The highest BCUT2D eigenvalue weighted by molar-refractivity contribution is 9.10. The van der Waals surface area contributed by atoms with Gasteiger partial charge in [0.15, 0.2) is 0 Å². The fraction of sp³-hybridized carbons (Fsp3) is 0.500. The molecule has 1 aromatic carbocycles. The largest absolute Gasteiger partial charge is 0.341 e. The molecule has 1 saturated carbocycles. The number of hydrogen-bond acceptors (Lipinski definition) is 2. The summed E-state index contributed by atoms with van der Waals surface area (Å²) in [5.74, 6) is 0.705. The molecule has 98 valence electrons. The molecule has 0 bridgehead atoms. The highest BCUT2D eigenvalue weighted by Gasteiger charge is 2.30. The van der Waals surface area contributed by atoms with E-state index in [9.17, 15) is 4.79 Å². The molecule has 0 saturated heterocycles. The molecular formula is C14H19BrN2O. The first-order chi connectivity index (χ1) is 8.58. The Morgan fingerprint density at radius 1 is 1.50 bits per heavy atom. The molecule has 0 spiro atoms. The lowest BCUT2D eigenvalue weighted by atomic mass is 10.1. The Labute approximate surface area is 116 Å². The van der Waals surface area contributed by atoms with Crippen molar-refractivity contribution < 1.29 is 4.79 Å². The summed E-state index contributed by atoms with van der Waals surface area (Å²) >= 11 is 3.50. The summed E-state index contributed by atoms with van der Waals surface area (Å²) in [6.07, 6.45) is 2.83. The molecule has 1 aromatic rings. The van der Waals surface area contributed by atoms with Crippen molar-refractivity contribution in [3.63, 3.8) is 0 Å². The van der Waals surface area contributed by atoms with E-state index in [0.29, 0.717) is 18.9 Å². The van der Waals surface area contributed by atoms with Crippen molar-refractivity contribution in [2.75, 3.05) is 7.05 Å². The first-order valence-corrected chi connectivity index (χ1v) is 7.10. The summed E-state index contributed by atoms with van der Waals surface area (Å²) < 4.78 is 1.04. The zero-order chi connectivity index (χ0) is 13.1. The second kappa shape index (κ2) is 5.85. The minimum Gasteiger partial charge on any atom is -0.341 e. The molecule has 0 radical (unpaired) electrons. The Morgan fingerprint density at radius 2 is 2.17 bits per heavy atom. The molecule has 4 heteroatoms. The zero-order valence-electron chi connectivity index (χ0n) is 10.6. The zero-order valence-corrected chi connectivity index (χ0v) is 12.2. The molecule has 18 heavy (non-hydrogen) atoms. The highest BCUT2D eigenvalue weighted by Crippen LogP contribution is 2.33. The summed E-state index contributed by atoms with van der Waals surface area (Å²) in [5, 5.41) is 0. The molecule has 1 atom stereocenters. The van der Waals surface area contributed by atoms with Crippen LogP contribution in [0.25, 0.3) is 0 Å². The Kier molecular flexibility index (Phi) is 4.40. The van der Waals surface area contributed by atoms with E-state index in [0.717, 1.165) is 10.0 Å². The van der Waals surface area contributed by atoms with Crippen LogP contribution in [-0.4, -0.2) is 23.9 Å². The summed E-state index contributed by atoms with van der Waals surface area (Å²) in [5.41, 5.74) is 7.10. The molecular weight excluding hydrogens is 292 g/mol. The number of halogens is 1. The molecule has 1 aliphatic rings. The van der Waals surface area contributed by atoms with Gasteiger partial charge in [0, 0.05) is 30.5 Å². The van der Waals surface area contributed by atoms with Crippen LogP contribution in [-0.2, 0) is 11.3 Å². The van der Waals surface area contributed by atoms with Gasteiger partial charge in [0.05, 0.1) is 0 Å². The van der Waals surface area contributed by atoms with Gasteiger partial charge in [-0.05, 0) is 30.4 Å². The molecule has 0 aromatic heterocycles. The van der Waals surface area contributed by atoms with Crippen LogP contribution in [0.15, 0.2) is 28.7 Å². The number of nitrogens with two attached hydrogens (primary N) is 1. The number of benzene rings is 1. The first-order valence-electron chi connectivity index (χ1n) is 6.31. The van der Waals surface area contributed by atoms with Crippen molar-refractivity contribution in [3.8, 4) is 0 Å². The third-order valence-corrected chi connectivity index (χ3v) is 4.20. The second-order valence-corrected chi connectivity index (χ2v) is 5.90. The summed E-state index contributed by atoms with van der Waals surface area (Å²) in [6, 6.07) is 8.00. The van der Waals surface area contributed by atoms with Crippen molar-refractivity contribution in [1.82, 2.24) is 4.90 Å². The molecule has 1 fully saturated rings. The number of rotatable bonds is 5.